The van der Waals surface area contributed by atoms with Crippen LogP contribution >= 0.6 is 0 Å². The molecule has 0 aromatic carbocycles. The third-order valence-electron chi connectivity index (χ3n) is 3.89. The predicted octanol–water partition coefficient (Wildman–Crippen LogP) is 2.81. The van der Waals surface area contributed by atoms with E-state index in [1.165, 1.54) is 0 Å². The molecule has 0 radical (unpaired) electrons. The van der Waals surface area contributed by atoms with E-state index < -0.39 is 11.9 Å². The second-order valence-electron chi connectivity index (χ2n) is 5.62. The standard InChI is InChI=1S/C18H19N3O4/c1-4-24-18(23)16-11(2)15(12(3)19-16)17(22)25-10-13-9-21-8-6-5-7-14(21)20-13/h5-9,19H,4,10H2,1-3H3. The number of esters is 2. The summed E-state index contributed by atoms with van der Waals surface area (Å²) in [5.41, 5.74) is 3.16. The maximum atomic E-state index is 12.4. The van der Waals surface area contributed by atoms with Gasteiger partial charge in [-0.2, -0.15) is 0 Å². The fraction of sp³-hybridized carbons (Fsp3) is 0.278. The van der Waals surface area contributed by atoms with E-state index >= 15 is 0 Å². The lowest BCUT2D eigenvalue weighted by atomic mass is 10.1. The zero-order valence-corrected chi connectivity index (χ0v) is 14.3. The molecule has 0 spiro atoms. The first-order valence-electron chi connectivity index (χ1n) is 7.97. The second kappa shape index (κ2) is 6.80. The van der Waals surface area contributed by atoms with E-state index in [1.54, 1.807) is 20.8 Å². The van der Waals surface area contributed by atoms with Gasteiger partial charge in [-0.15, -0.1) is 0 Å². The van der Waals surface area contributed by atoms with Gasteiger partial charge in [0, 0.05) is 18.1 Å². The monoisotopic (exact) mass is 341 g/mol. The predicted molar refractivity (Wildman–Crippen MR) is 90.5 cm³/mol. The molecule has 1 N–H and O–H groups in total. The van der Waals surface area contributed by atoms with Crippen LogP contribution in [0.1, 0.15) is 44.7 Å². The number of hydrogen-bond acceptors (Lipinski definition) is 5. The van der Waals surface area contributed by atoms with Crippen LogP contribution in [-0.4, -0.2) is 32.9 Å². The van der Waals surface area contributed by atoms with Crippen LogP contribution in [0.15, 0.2) is 30.6 Å². The van der Waals surface area contributed by atoms with Crippen molar-refractivity contribution in [3.63, 3.8) is 0 Å². The number of aryl methyl sites for hydroxylation is 1. The third kappa shape index (κ3) is 3.26. The molecule has 3 aromatic heterocycles. The van der Waals surface area contributed by atoms with E-state index in [-0.39, 0.29) is 18.9 Å². The number of hydrogen-bond donors (Lipinski definition) is 1. The van der Waals surface area contributed by atoms with Gasteiger partial charge in [0.05, 0.1) is 17.9 Å². The van der Waals surface area contributed by atoms with Crippen LogP contribution in [0.3, 0.4) is 0 Å². The Hall–Kier alpha value is -3.09. The number of carbonyl (C=O) groups excluding carboxylic acids is 2. The van der Waals surface area contributed by atoms with E-state index in [0.717, 1.165) is 5.65 Å². The summed E-state index contributed by atoms with van der Waals surface area (Å²) in [5, 5.41) is 0. The fourth-order valence-electron chi connectivity index (χ4n) is 2.73. The molecule has 0 aliphatic rings. The van der Waals surface area contributed by atoms with Crippen molar-refractivity contribution in [2.24, 2.45) is 0 Å². The normalized spacial score (nSPS) is 10.8. The molecule has 0 fully saturated rings. The van der Waals surface area contributed by atoms with Gasteiger partial charge in [0.2, 0.25) is 0 Å². The number of pyridine rings is 1. The molecular weight excluding hydrogens is 322 g/mol. The van der Waals surface area contributed by atoms with Crippen molar-refractivity contribution >= 4 is 17.6 Å². The highest BCUT2D eigenvalue weighted by Crippen LogP contribution is 2.20. The van der Waals surface area contributed by atoms with Gasteiger partial charge in [0.1, 0.15) is 17.9 Å². The number of H-pyrrole nitrogens is 1. The summed E-state index contributed by atoms with van der Waals surface area (Å²) in [6.45, 7) is 5.46. The van der Waals surface area contributed by atoms with Crippen LogP contribution < -0.4 is 0 Å². The molecule has 3 aromatic rings. The summed E-state index contributed by atoms with van der Waals surface area (Å²) < 4.78 is 12.2. The Kier molecular flexibility index (Phi) is 4.56. The average Bonchev–Trinajstić information content (AvgIpc) is 3.13. The molecule has 7 nitrogen and oxygen atoms in total. The number of aromatic amines is 1. The zero-order chi connectivity index (χ0) is 18.0. The maximum absolute atomic E-state index is 12.4. The molecule has 3 rings (SSSR count). The largest absolute Gasteiger partial charge is 0.461 e. The van der Waals surface area contributed by atoms with Gasteiger partial charge < -0.3 is 18.9 Å². The smallest absolute Gasteiger partial charge is 0.355 e. The molecular formula is C18H19N3O4. The second-order valence-corrected chi connectivity index (χ2v) is 5.62. The average molecular weight is 341 g/mol. The van der Waals surface area contributed by atoms with Gasteiger partial charge in [-0.3, -0.25) is 0 Å². The molecule has 25 heavy (non-hydrogen) atoms. The molecule has 0 aliphatic carbocycles. The summed E-state index contributed by atoms with van der Waals surface area (Å²) in [7, 11) is 0. The van der Waals surface area contributed by atoms with Crippen molar-refractivity contribution in [2.75, 3.05) is 6.61 Å². The third-order valence-corrected chi connectivity index (χ3v) is 3.89. The Morgan fingerprint density at radius 1 is 1.20 bits per heavy atom. The van der Waals surface area contributed by atoms with E-state index in [1.807, 2.05) is 35.0 Å². The van der Waals surface area contributed by atoms with Gasteiger partial charge >= 0.3 is 11.9 Å². The van der Waals surface area contributed by atoms with Crippen LogP contribution in [0.2, 0.25) is 0 Å². The molecule has 7 heteroatoms. The van der Waals surface area contributed by atoms with Crippen LogP contribution in [0.5, 0.6) is 0 Å². The lowest BCUT2D eigenvalue weighted by molar-refractivity contribution is 0.0467. The molecule has 3 heterocycles. The molecule has 0 bridgehead atoms. The van der Waals surface area contributed by atoms with E-state index in [4.69, 9.17) is 9.47 Å². The van der Waals surface area contributed by atoms with E-state index in [2.05, 4.69) is 9.97 Å². The minimum Gasteiger partial charge on any atom is -0.461 e. The van der Waals surface area contributed by atoms with Crippen molar-refractivity contribution < 1.29 is 19.1 Å². The highest BCUT2D eigenvalue weighted by Gasteiger charge is 2.23. The minimum absolute atomic E-state index is 0.0549. The molecule has 0 saturated heterocycles. The maximum Gasteiger partial charge on any atom is 0.355 e. The van der Waals surface area contributed by atoms with Crippen LogP contribution in [0.4, 0.5) is 0 Å². The van der Waals surface area contributed by atoms with Gasteiger partial charge in [-0.25, -0.2) is 14.6 Å². The summed E-state index contributed by atoms with van der Waals surface area (Å²) in [5.74, 6) is -0.985. The molecule has 0 unspecified atom stereocenters. The van der Waals surface area contributed by atoms with Gasteiger partial charge in [-0.1, -0.05) is 6.07 Å². The first-order chi connectivity index (χ1) is 12.0. The number of nitrogens with one attached hydrogen (secondary N) is 1. The number of carbonyl (C=O) groups is 2. The van der Waals surface area contributed by atoms with Crippen molar-refractivity contribution in [1.29, 1.82) is 0 Å². The SMILES string of the molecule is CCOC(=O)c1[nH]c(C)c(C(=O)OCc2cn3ccccc3n2)c1C. The highest BCUT2D eigenvalue weighted by atomic mass is 16.5. The number of rotatable bonds is 5. The Balaban J connectivity index is 1.76. The first-order valence-corrected chi connectivity index (χ1v) is 7.97. The van der Waals surface area contributed by atoms with Crippen LogP contribution in [0.25, 0.3) is 5.65 Å². The van der Waals surface area contributed by atoms with Crippen molar-refractivity contribution in [1.82, 2.24) is 14.4 Å². The Bertz CT molecular complexity index is 906. The molecule has 130 valence electrons. The summed E-state index contributed by atoms with van der Waals surface area (Å²) in [6, 6.07) is 5.66. The summed E-state index contributed by atoms with van der Waals surface area (Å²) in [6.07, 6.45) is 3.68. The van der Waals surface area contributed by atoms with E-state index in [0.29, 0.717) is 22.5 Å². The summed E-state index contributed by atoms with van der Waals surface area (Å²) in [4.78, 5) is 31.6. The van der Waals surface area contributed by atoms with Crippen LogP contribution in [0, 0.1) is 13.8 Å². The Morgan fingerprint density at radius 2 is 2.00 bits per heavy atom. The van der Waals surface area contributed by atoms with Gasteiger partial charge in [0.15, 0.2) is 0 Å². The molecule has 0 amide bonds. The minimum atomic E-state index is -0.501. The Labute approximate surface area is 144 Å². The quantitative estimate of drug-likeness (QED) is 0.721. The summed E-state index contributed by atoms with van der Waals surface area (Å²) >= 11 is 0. The van der Waals surface area contributed by atoms with Crippen molar-refractivity contribution in [3.05, 3.63) is 58.8 Å². The molecule has 0 aliphatic heterocycles. The first kappa shape index (κ1) is 16.8. The zero-order valence-electron chi connectivity index (χ0n) is 14.3. The van der Waals surface area contributed by atoms with Gasteiger partial charge in [0.25, 0.3) is 0 Å². The van der Waals surface area contributed by atoms with E-state index in [9.17, 15) is 9.59 Å². The van der Waals surface area contributed by atoms with Crippen molar-refractivity contribution in [2.45, 2.75) is 27.4 Å². The van der Waals surface area contributed by atoms with Crippen LogP contribution in [-0.2, 0) is 16.1 Å². The number of fused-ring (bicyclic) bond motifs is 1. The van der Waals surface area contributed by atoms with Gasteiger partial charge in [-0.05, 0) is 38.5 Å². The van der Waals surface area contributed by atoms with Crippen molar-refractivity contribution in [3.8, 4) is 0 Å². The number of nitrogens with zero attached hydrogens (tertiary/aromatic N) is 2. The highest BCUT2D eigenvalue weighted by molar-refractivity contribution is 5.98. The molecule has 0 saturated carbocycles. The fourth-order valence-corrected chi connectivity index (χ4v) is 2.73. The number of aromatic nitrogens is 3. The molecule has 0 atom stereocenters. The number of imidazole rings is 1. The number of ether oxygens (including phenoxy) is 2. The Morgan fingerprint density at radius 3 is 2.72 bits per heavy atom. The topological polar surface area (TPSA) is 85.7 Å². The lowest BCUT2D eigenvalue weighted by Crippen LogP contribution is -2.09. The lowest BCUT2D eigenvalue weighted by Gasteiger charge is -2.04.